The zero-order chi connectivity index (χ0) is 9.10. The van der Waals surface area contributed by atoms with Crippen LogP contribution in [0.25, 0.3) is 0 Å². The molecule has 0 N–H and O–H groups in total. The number of hydrogen-bond acceptors (Lipinski definition) is 2. The van der Waals surface area contributed by atoms with Crippen molar-refractivity contribution in [3.63, 3.8) is 0 Å². The van der Waals surface area contributed by atoms with Gasteiger partial charge in [-0.15, -0.1) is 0 Å². The molecule has 1 atom stereocenters. The van der Waals surface area contributed by atoms with Crippen LogP contribution in [-0.2, 0) is 9.53 Å². The van der Waals surface area contributed by atoms with Gasteiger partial charge in [0, 0.05) is 18.9 Å². The number of rotatable bonds is 5. The van der Waals surface area contributed by atoms with E-state index in [4.69, 9.17) is 4.74 Å². The second-order valence-corrected chi connectivity index (χ2v) is 4.27. The Morgan fingerprint density at radius 1 is 1.31 bits per heavy atom. The van der Waals surface area contributed by atoms with Gasteiger partial charge < -0.3 is 4.74 Å². The molecule has 1 heterocycles. The minimum atomic E-state index is 0.449. The number of carbonyl (C=O) groups excluding carboxylic acids is 1. The zero-order valence-corrected chi connectivity index (χ0v) is 8.13. The van der Waals surface area contributed by atoms with Crippen LogP contribution in [0.5, 0.6) is 0 Å². The summed E-state index contributed by atoms with van der Waals surface area (Å²) in [6.45, 7) is 0.932. The van der Waals surface area contributed by atoms with Crippen molar-refractivity contribution in [3.05, 3.63) is 0 Å². The van der Waals surface area contributed by atoms with E-state index in [0.717, 1.165) is 38.7 Å². The minimum absolute atomic E-state index is 0.449. The SMILES string of the molecule is O=C(CCCC1CCCO1)C1CC1. The molecule has 1 aliphatic heterocycles. The van der Waals surface area contributed by atoms with E-state index in [9.17, 15) is 4.79 Å². The van der Waals surface area contributed by atoms with Gasteiger partial charge in [0.15, 0.2) is 0 Å². The standard InChI is InChI=1S/C11H18O2/c12-11(9-6-7-9)5-1-3-10-4-2-8-13-10/h9-10H,1-8H2. The van der Waals surface area contributed by atoms with Gasteiger partial charge in [-0.1, -0.05) is 0 Å². The van der Waals surface area contributed by atoms with E-state index in [2.05, 4.69) is 0 Å². The summed E-state index contributed by atoms with van der Waals surface area (Å²) in [5.41, 5.74) is 0. The van der Waals surface area contributed by atoms with Gasteiger partial charge in [-0.2, -0.15) is 0 Å². The molecule has 1 saturated heterocycles. The Kier molecular flexibility index (Phi) is 2.99. The molecule has 1 aliphatic carbocycles. The Morgan fingerprint density at radius 3 is 2.77 bits per heavy atom. The Morgan fingerprint density at radius 2 is 2.15 bits per heavy atom. The van der Waals surface area contributed by atoms with Gasteiger partial charge in [-0.3, -0.25) is 4.79 Å². The van der Waals surface area contributed by atoms with E-state index in [1.807, 2.05) is 0 Å². The number of hydrogen-bond donors (Lipinski definition) is 0. The van der Waals surface area contributed by atoms with Gasteiger partial charge in [0.2, 0.25) is 0 Å². The van der Waals surface area contributed by atoms with E-state index in [0.29, 0.717) is 17.8 Å². The molecular weight excluding hydrogens is 164 g/mol. The lowest BCUT2D eigenvalue weighted by Crippen LogP contribution is -2.07. The average Bonchev–Trinajstić information content (AvgIpc) is 2.86. The molecule has 2 nitrogen and oxygen atoms in total. The molecule has 13 heavy (non-hydrogen) atoms. The third-order valence-corrected chi connectivity index (χ3v) is 3.01. The molecule has 0 aromatic rings. The maximum Gasteiger partial charge on any atom is 0.135 e. The molecule has 0 aromatic heterocycles. The summed E-state index contributed by atoms with van der Waals surface area (Å²) in [7, 11) is 0. The number of ether oxygens (including phenoxy) is 1. The van der Waals surface area contributed by atoms with Crippen LogP contribution in [0.2, 0.25) is 0 Å². The molecule has 0 bridgehead atoms. The van der Waals surface area contributed by atoms with Crippen molar-refractivity contribution in [3.8, 4) is 0 Å². The summed E-state index contributed by atoms with van der Waals surface area (Å²) in [5.74, 6) is 0.947. The summed E-state index contributed by atoms with van der Waals surface area (Å²) in [6, 6.07) is 0. The van der Waals surface area contributed by atoms with E-state index < -0.39 is 0 Å². The highest BCUT2D eigenvalue weighted by Crippen LogP contribution is 2.31. The summed E-state index contributed by atoms with van der Waals surface area (Å²) in [6.07, 6.45) is 8.12. The highest BCUT2D eigenvalue weighted by molar-refractivity contribution is 5.83. The van der Waals surface area contributed by atoms with Gasteiger partial charge in [0.25, 0.3) is 0 Å². The highest BCUT2D eigenvalue weighted by Gasteiger charge is 2.28. The molecule has 2 fully saturated rings. The van der Waals surface area contributed by atoms with E-state index >= 15 is 0 Å². The Labute approximate surface area is 79.7 Å². The first-order valence-electron chi connectivity index (χ1n) is 5.50. The Hall–Kier alpha value is -0.370. The topological polar surface area (TPSA) is 26.3 Å². The van der Waals surface area contributed by atoms with Crippen LogP contribution < -0.4 is 0 Å². The van der Waals surface area contributed by atoms with Crippen molar-refractivity contribution < 1.29 is 9.53 Å². The molecule has 1 unspecified atom stereocenters. The van der Waals surface area contributed by atoms with Gasteiger partial charge in [0.1, 0.15) is 5.78 Å². The van der Waals surface area contributed by atoms with Gasteiger partial charge >= 0.3 is 0 Å². The lowest BCUT2D eigenvalue weighted by molar-refractivity contribution is -0.120. The number of carbonyl (C=O) groups is 1. The van der Waals surface area contributed by atoms with Crippen molar-refractivity contribution in [1.29, 1.82) is 0 Å². The maximum absolute atomic E-state index is 11.3. The first-order valence-corrected chi connectivity index (χ1v) is 5.50. The summed E-state index contributed by atoms with van der Waals surface area (Å²) in [4.78, 5) is 11.3. The number of Topliss-reactive ketones (excluding diaryl/α,β-unsaturated/α-hetero) is 1. The van der Waals surface area contributed by atoms with E-state index in [1.54, 1.807) is 0 Å². The largest absolute Gasteiger partial charge is 0.378 e. The van der Waals surface area contributed by atoms with Crippen molar-refractivity contribution in [2.45, 2.75) is 51.0 Å². The fourth-order valence-electron chi connectivity index (χ4n) is 1.99. The molecule has 0 spiro atoms. The number of ketones is 1. The first-order chi connectivity index (χ1) is 6.36. The zero-order valence-electron chi connectivity index (χ0n) is 8.13. The second kappa shape index (κ2) is 4.23. The molecule has 2 heteroatoms. The van der Waals surface area contributed by atoms with Crippen LogP contribution in [0, 0.1) is 5.92 Å². The van der Waals surface area contributed by atoms with Crippen LogP contribution in [0.3, 0.4) is 0 Å². The summed E-state index contributed by atoms with van der Waals surface area (Å²) < 4.78 is 5.50. The van der Waals surface area contributed by atoms with Gasteiger partial charge in [-0.05, 0) is 38.5 Å². The molecule has 0 aromatic carbocycles. The van der Waals surface area contributed by atoms with Gasteiger partial charge in [-0.25, -0.2) is 0 Å². The molecule has 0 radical (unpaired) electrons. The molecule has 2 rings (SSSR count). The molecular formula is C11H18O2. The highest BCUT2D eigenvalue weighted by atomic mass is 16.5. The summed E-state index contributed by atoms with van der Waals surface area (Å²) in [5, 5.41) is 0. The lowest BCUT2D eigenvalue weighted by Gasteiger charge is -2.07. The normalized spacial score (nSPS) is 27.8. The van der Waals surface area contributed by atoms with Crippen LogP contribution in [-0.4, -0.2) is 18.5 Å². The quantitative estimate of drug-likeness (QED) is 0.652. The first kappa shape index (κ1) is 9.20. The predicted octanol–water partition coefficient (Wildman–Crippen LogP) is 2.31. The predicted molar refractivity (Wildman–Crippen MR) is 50.6 cm³/mol. The fraction of sp³-hybridized carbons (Fsp3) is 0.909. The van der Waals surface area contributed by atoms with Crippen molar-refractivity contribution in [2.24, 2.45) is 5.92 Å². The lowest BCUT2D eigenvalue weighted by atomic mass is 10.1. The minimum Gasteiger partial charge on any atom is -0.378 e. The van der Waals surface area contributed by atoms with Crippen molar-refractivity contribution in [2.75, 3.05) is 6.61 Å². The Bertz CT molecular complexity index is 179. The average molecular weight is 182 g/mol. The summed E-state index contributed by atoms with van der Waals surface area (Å²) >= 11 is 0. The smallest absolute Gasteiger partial charge is 0.135 e. The Balaban J connectivity index is 1.54. The van der Waals surface area contributed by atoms with Gasteiger partial charge in [0.05, 0.1) is 6.10 Å². The third kappa shape index (κ3) is 2.80. The molecule has 1 saturated carbocycles. The fourth-order valence-corrected chi connectivity index (χ4v) is 1.99. The van der Waals surface area contributed by atoms with Crippen LogP contribution in [0.15, 0.2) is 0 Å². The van der Waals surface area contributed by atoms with Crippen LogP contribution in [0.4, 0.5) is 0 Å². The maximum atomic E-state index is 11.3. The van der Waals surface area contributed by atoms with Crippen LogP contribution >= 0.6 is 0 Å². The van der Waals surface area contributed by atoms with E-state index in [1.165, 1.54) is 12.8 Å². The molecule has 2 aliphatic rings. The second-order valence-electron chi connectivity index (χ2n) is 4.27. The molecule has 0 amide bonds. The van der Waals surface area contributed by atoms with Crippen molar-refractivity contribution >= 4 is 5.78 Å². The third-order valence-electron chi connectivity index (χ3n) is 3.01. The van der Waals surface area contributed by atoms with Crippen LogP contribution in [0.1, 0.15) is 44.9 Å². The van der Waals surface area contributed by atoms with Crippen molar-refractivity contribution in [1.82, 2.24) is 0 Å². The van der Waals surface area contributed by atoms with E-state index in [-0.39, 0.29) is 0 Å². The molecule has 74 valence electrons. The monoisotopic (exact) mass is 182 g/mol.